The molecule has 2 aromatic rings. The number of hydrogen-bond donors (Lipinski definition) is 4. The lowest BCUT2D eigenvalue weighted by molar-refractivity contribution is -0.117. The Labute approximate surface area is 137 Å². The van der Waals surface area contributed by atoms with Crippen LogP contribution in [0.25, 0.3) is 0 Å². The molecule has 0 heterocycles. The molecule has 0 saturated carbocycles. The fourth-order valence-electron chi connectivity index (χ4n) is 1.69. The van der Waals surface area contributed by atoms with Crippen LogP contribution >= 0.6 is 0 Å². The van der Waals surface area contributed by atoms with Crippen LogP contribution in [-0.2, 0) is 14.8 Å². The summed E-state index contributed by atoms with van der Waals surface area (Å²) in [5.74, 6) is -2.56. The van der Waals surface area contributed by atoms with Crippen molar-refractivity contribution < 1.29 is 28.5 Å². The van der Waals surface area contributed by atoms with Crippen LogP contribution in [-0.4, -0.2) is 29.6 Å². The molecule has 2 rings (SSSR count). The molecule has 0 fully saturated rings. The number of phenolic OH excluding ortho intramolecular Hbond substituents is 3. The summed E-state index contributed by atoms with van der Waals surface area (Å²) >= 11 is 0. The van der Waals surface area contributed by atoms with Gasteiger partial charge in [-0.3, -0.25) is 4.79 Å². The molecule has 0 radical (unpaired) electrons. The van der Waals surface area contributed by atoms with Gasteiger partial charge in [0.25, 0.3) is 10.0 Å². The van der Waals surface area contributed by atoms with E-state index in [4.69, 9.17) is 0 Å². The smallest absolute Gasteiger partial charge is 0.264 e. The predicted octanol–water partition coefficient (Wildman–Crippen LogP) is 2.04. The van der Waals surface area contributed by atoms with Crippen LogP contribution in [0, 0.1) is 0 Å². The highest BCUT2D eigenvalue weighted by molar-refractivity contribution is 7.90. The Morgan fingerprint density at radius 3 is 2.17 bits per heavy atom. The van der Waals surface area contributed by atoms with Crippen molar-refractivity contribution in [3.63, 3.8) is 0 Å². The highest BCUT2D eigenvalue weighted by atomic mass is 32.2. The van der Waals surface area contributed by atoms with E-state index in [1.807, 2.05) is 4.72 Å². The summed E-state index contributed by atoms with van der Waals surface area (Å²) in [5.41, 5.74) is 0.184. The number of sulfonamides is 1. The van der Waals surface area contributed by atoms with Crippen LogP contribution in [0.4, 0.5) is 11.4 Å². The Kier molecular flexibility index (Phi) is 4.69. The van der Waals surface area contributed by atoms with Gasteiger partial charge in [-0.15, -0.1) is 5.11 Å². The lowest BCUT2D eigenvalue weighted by Crippen LogP contribution is -2.28. The van der Waals surface area contributed by atoms with Gasteiger partial charge in [-0.05, 0) is 36.4 Å². The Morgan fingerprint density at radius 2 is 1.58 bits per heavy atom. The highest BCUT2D eigenvalue weighted by Crippen LogP contribution is 2.42. The van der Waals surface area contributed by atoms with Crippen LogP contribution in [0.1, 0.15) is 6.92 Å². The quantitative estimate of drug-likeness (QED) is 0.489. The number of amides is 1. The number of carbonyl (C=O) groups is 1. The Morgan fingerprint density at radius 1 is 0.958 bits per heavy atom. The molecule has 4 N–H and O–H groups in total. The molecule has 9 nitrogen and oxygen atoms in total. The SMILES string of the molecule is CC(=O)NS(=O)(=O)c1ccc(N=Nc2ccc(O)c(O)c2O)cc1. The molecule has 0 saturated heterocycles. The fraction of sp³-hybridized carbons (Fsp3) is 0.0714. The van der Waals surface area contributed by atoms with E-state index in [9.17, 15) is 28.5 Å². The molecule has 0 bridgehead atoms. The summed E-state index contributed by atoms with van der Waals surface area (Å²) < 4.78 is 25.4. The van der Waals surface area contributed by atoms with E-state index in [1.54, 1.807) is 0 Å². The second-order valence-corrected chi connectivity index (χ2v) is 6.34. The zero-order chi connectivity index (χ0) is 17.9. The van der Waals surface area contributed by atoms with Gasteiger partial charge in [0, 0.05) is 6.92 Å². The van der Waals surface area contributed by atoms with Crippen molar-refractivity contribution in [1.29, 1.82) is 0 Å². The zero-order valence-electron chi connectivity index (χ0n) is 12.3. The first kappa shape index (κ1) is 17.2. The van der Waals surface area contributed by atoms with Crippen molar-refractivity contribution >= 4 is 27.3 Å². The van der Waals surface area contributed by atoms with Crippen molar-refractivity contribution in [1.82, 2.24) is 4.72 Å². The molecule has 0 aliphatic heterocycles. The average Bonchev–Trinajstić information content (AvgIpc) is 2.51. The molecule has 0 aromatic heterocycles. The molecule has 0 atom stereocenters. The van der Waals surface area contributed by atoms with Crippen molar-refractivity contribution in [2.24, 2.45) is 10.2 Å². The summed E-state index contributed by atoms with van der Waals surface area (Å²) in [6.07, 6.45) is 0. The lowest BCUT2D eigenvalue weighted by atomic mass is 10.2. The zero-order valence-corrected chi connectivity index (χ0v) is 13.1. The topological polar surface area (TPSA) is 149 Å². The van der Waals surface area contributed by atoms with Crippen LogP contribution in [0.2, 0.25) is 0 Å². The minimum Gasteiger partial charge on any atom is -0.504 e. The first-order valence-electron chi connectivity index (χ1n) is 6.50. The fourth-order valence-corrected chi connectivity index (χ4v) is 2.68. The Balaban J connectivity index is 2.24. The Bertz CT molecular complexity index is 907. The summed E-state index contributed by atoms with van der Waals surface area (Å²) in [4.78, 5) is 10.7. The van der Waals surface area contributed by atoms with E-state index in [1.165, 1.54) is 30.3 Å². The monoisotopic (exact) mass is 351 g/mol. The molecule has 24 heavy (non-hydrogen) atoms. The number of phenols is 3. The normalized spacial score (nSPS) is 11.5. The minimum absolute atomic E-state index is 0.0831. The third-order valence-corrected chi connectivity index (χ3v) is 4.26. The molecule has 1 amide bonds. The standard InChI is InChI=1S/C14H13N3O6S/c1-8(18)17-24(22,23)10-4-2-9(3-5-10)15-16-11-6-7-12(19)14(21)13(11)20/h2-7,19-21H,1H3,(H,17,18). The first-order valence-corrected chi connectivity index (χ1v) is 7.98. The van der Waals surface area contributed by atoms with Gasteiger partial charge in [0.1, 0.15) is 5.69 Å². The molecular weight excluding hydrogens is 338 g/mol. The van der Waals surface area contributed by atoms with E-state index >= 15 is 0 Å². The van der Waals surface area contributed by atoms with Gasteiger partial charge in [-0.2, -0.15) is 5.11 Å². The number of aromatic hydroxyl groups is 3. The second-order valence-electron chi connectivity index (χ2n) is 4.66. The molecule has 0 aliphatic rings. The van der Waals surface area contributed by atoms with E-state index in [2.05, 4.69) is 10.2 Å². The van der Waals surface area contributed by atoms with Gasteiger partial charge >= 0.3 is 0 Å². The van der Waals surface area contributed by atoms with Crippen LogP contribution in [0.5, 0.6) is 17.2 Å². The first-order chi connectivity index (χ1) is 11.2. The van der Waals surface area contributed by atoms with Gasteiger partial charge in [-0.1, -0.05) is 0 Å². The number of nitrogens with zero attached hydrogens (tertiary/aromatic N) is 2. The number of nitrogens with one attached hydrogen (secondary N) is 1. The third-order valence-electron chi connectivity index (χ3n) is 2.81. The number of carbonyl (C=O) groups excluding carboxylic acids is 1. The number of benzene rings is 2. The minimum atomic E-state index is -3.93. The van der Waals surface area contributed by atoms with Gasteiger partial charge in [0.2, 0.25) is 11.7 Å². The van der Waals surface area contributed by atoms with Crippen LogP contribution in [0.15, 0.2) is 51.5 Å². The third kappa shape index (κ3) is 3.79. The van der Waals surface area contributed by atoms with E-state index in [0.717, 1.165) is 13.0 Å². The maximum Gasteiger partial charge on any atom is 0.264 e. The maximum absolute atomic E-state index is 11.8. The summed E-state index contributed by atoms with van der Waals surface area (Å²) in [7, 11) is -3.93. The van der Waals surface area contributed by atoms with Gasteiger partial charge < -0.3 is 15.3 Å². The summed E-state index contributed by atoms with van der Waals surface area (Å²) in [5, 5.41) is 35.7. The van der Waals surface area contributed by atoms with Crippen molar-refractivity contribution in [3.05, 3.63) is 36.4 Å². The predicted molar refractivity (Wildman–Crippen MR) is 83.1 cm³/mol. The van der Waals surface area contributed by atoms with Gasteiger partial charge in [0.05, 0.1) is 10.6 Å². The van der Waals surface area contributed by atoms with Gasteiger partial charge in [0.15, 0.2) is 11.5 Å². The van der Waals surface area contributed by atoms with E-state index < -0.39 is 33.2 Å². The largest absolute Gasteiger partial charge is 0.504 e. The lowest BCUT2D eigenvalue weighted by Gasteiger charge is -2.04. The Hall–Kier alpha value is -3.14. The van der Waals surface area contributed by atoms with E-state index in [-0.39, 0.29) is 16.3 Å². The maximum atomic E-state index is 11.8. The highest BCUT2D eigenvalue weighted by Gasteiger charge is 2.15. The van der Waals surface area contributed by atoms with Crippen molar-refractivity contribution in [3.8, 4) is 17.2 Å². The van der Waals surface area contributed by atoms with Crippen molar-refractivity contribution in [2.75, 3.05) is 0 Å². The number of azo groups is 1. The van der Waals surface area contributed by atoms with Gasteiger partial charge in [-0.25, -0.2) is 13.1 Å². The molecule has 0 unspecified atom stereocenters. The molecular formula is C14H13N3O6S. The van der Waals surface area contributed by atoms with E-state index in [0.29, 0.717) is 0 Å². The van der Waals surface area contributed by atoms with Crippen LogP contribution < -0.4 is 4.72 Å². The van der Waals surface area contributed by atoms with Crippen LogP contribution in [0.3, 0.4) is 0 Å². The molecule has 126 valence electrons. The number of rotatable bonds is 4. The molecule has 0 spiro atoms. The average molecular weight is 351 g/mol. The molecule has 0 aliphatic carbocycles. The summed E-state index contributed by atoms with van der Waals surface area (Å²) in [6.45, 7) is 1.08. The number of hydrogen-bond acceptors (Lipinski definition) is 8. The van der Waals surface area contributed by atoms with Crippen molar-refractivity contribution in [2.45, 2.75) is 11.8 Å². The molecule has 10 heteroatoms. The second kappa shape index (κ2) is 6.54. The molecule has 2 aromatic carbocycles. The summed E-state index contributed by atoms with van der Waals surface area (Å²) in [6, 6.07) is 7.52.